The highest BCUT2D eigenvalue weighted by atomic mass is 15.2. The SMILES string of the molecule is CCC1=CC=C(N(C)[C@H](N)CC)CC1. The van der Waals surface area contributed by atoms with Gasteiger partial charge >= 0.3 is 0 Å². The van der Waals surface area contributed by atoms with Crippen LogP contribution in [-0.4, -0.2) is 18.1 Å². The first-order valence-corrected chi connectivity index (χ1v) is 5.56. The van der Waals surface area contributed by atoms with Gasteiger partial charge in [0.15, 0.2) is 0 Å². The number of hydrogen-bond donors (Lipinski definition) is 1. The van der Waals surface area contributed by atoms with Crippen LogP contribution in [0.4, 0.5) is 0 Å². The zero-order chi connectivity index (χ0) is 10.6. The van der Waals surface area contributed by atoms with Crippen LogP contribution in [0.15, 0.2) is 23.4 Å². The van der Waals surface area contributed by atoms with Crippen LogP contribution < -0.4 is 5.73 Å². The fourth-order valence-electron chi connectivity index (χ4n) is 1.74. The summed E-state index contributed by atoms with van der Waals surface area (Å²) in [6.45, 7) is 4.34. The molecule has 1 aliphatic carbocycles. The maximum atomic E-state index is 5.98. The number of hydrogen-bond acceptors (Lipinski definition) is 2. The van der Waals surface area contributed by atoms with Gasteiger partial charge < -0.3 is 10.6 Å². The standard InChI is InChI=1S/C12H22N2/c1-4-10-6-8-11(9-7-10)14(3)12(13)5-2/h6,8,12H,4-5,7,9,13H2,1-3H3/t12-/m0/s1. The molecular formula is C12H22N2. The minimum Gasteiger partial charge on any atom is -0.363 e. The lowest BCUT2D eigenvalue weighted by molar-refractivity contribution is 0.291. The van der Waals surface area contributed by atoms with E-state index < -0.39 is 0 Å². The average molecular weight is 194 g/mol. The number of rotatable bonds is 4. The molecule has 0 spiro atoms. The van der Waals surface area contributed by atoms with Crippen molar-refractivity contribution in [1.29, 1.82) is 0 Å². The highest BCUT2D eigenvalue weighted by Crippen LogP contribution is 2.23. The van der Waals surface area contributed by atoms with Gasteiger partial charge in [-0.3, -0.25) is 0 Å². The van der Waals surface area contributed by atoms with Crippen LogP contribution in [0.25, 0.3) is 0 Å². The maximum absolute atomic E-state index is 5.98. The zero-order valence-corrected chi connectivity index (χ0v) is 9.59. The van der Waals surface area contributed by atoms with Gasteiger partial charge in [0, 0.05) is 12.7 Å². The van der Waals surface area contributed by atoms with Crippen LogP contribution in [-0.2, 0) is 0 Å². The Kier molecular flexibility index (Phi) is 4.21. The van der Waals surface area contributed by atoms with Crippen molar-refractivity contribution >= 4 is 0 Å². The number of nitrogens with zero attached hydrogens (tertiary/aromatic N) is 1. The Morgan fingerprint density at radius 1 is 1.36 bits per heavy atom. The van der Waals surface area contributed by atoms with Gasteiger partial charge in [-0.2, -0.15) is 0 Å². The van der Waals surface area contributed by atoms with Crippen LogP contribution >= 0.6 is 0 Å². The van der Waals surface area contributed by atoms with E-state index in [2.05, 4.69) is 37.9 Å². The Bertz CT molecular complexity index is 241. The second-order valence-corrected chi connectivity index (χ2v) is 3.92. The predicted molar refractivity (Wildman–Crippen MR) is 61.7 cm³/mol. The van der Waals surface area contributed by atoms with Gasteiger partial charge in [0.25, 0.3) is 0 Å². The molecule has 0 aliphatic heterocycles. The quantitative estimate of drug-likeness (QED) is 0.697. The molecule has 14 heavy (non-hydrogen) atoms. The van der Waals surface area contributed by atoms with Crippen molar-refractivity contribution in [3.05, 3.63) is 23.4 Å². The van der Waals surface area contributed by atoms with Crippen LogP contribution in [0.2, 0.25) is 0 Å². The molecule has 2 nitrogen and oxygen atoms in total. The summed E-state index contributed by atoms with van der Waals surface area (Å²) in [5.41, 5.74) is 8.90. The molecule has 1 aliphatic rings. The van der Waals surface area contributed by atoms with Gasteiger partial charge in [-0.25, -0.2) is 0 Å². The third-order valence-corrected chi connectivity index (χ3v) is 3.04. The maximum Gasteiger partial charge on any atom is 0.0761 e. The summed E-state index contributed by atoms with van der Waals surface area (Å²) in [6.07, 6.45) is 9.14. The molecule has 0 amide bonds. The number of allylic oxidation sites excluding steroid dienone is 4. The average Bonchev–Trinajstić information content (AvgIpc) is 2.27. The van der Waals surface area contributed by atoms with Crippen LogP contribution in [0, 0.1) is 0 Å². The van der Waals surface area contributed by atoms with Gasteiger partial charge in [0.1, 0.15) is 0 Å². The molecule has 2 N–H and O–H groups in total. The molecule has 0 heterocycles. The molecule has 0 aromatic carbocycles. The van der Waals surface area contributed by atoms with Gasteiger partial charge in [-0.1, -0.05) is 25.5 Å². The smallest absolute Gasteiger partial charge is 0.0761 e. The van der Waals surface area contributed by atoms with Crippen molar-refractivity contribution in [2.45, 2.75) is 45.7 Å². The second-order valence-electron chi connectivity index (χ2n) is 3.92. The van der Waals surface area contributed by atoms with Crippen molar-refractivity contribution in [1.82, 2.24) is 4.90 Å². The molecule has 1 rings (SSSR count). The van der Waals surface area contributed by atoms with Crippen molar-refractivity contribution in [3.63, 3.8) is 0 Å². The van der Waals surface area contributed by atoms with Crippen molar-refractivity contribution < 1.29 is 0 Å². The molecular weight excluding hydrogens is 172 g/mol. The number of nitrogens with two attached hydrogens (primary N) is 1. The summed E-state index contributed by atoms with van der Waals surface area (Å²) < 4.78 is 0. The second kappa shape index (κ2) is 5.20. The third-order valence-electron chi connectivity index (χ3n) is 3.04. The first kappa shape index (κ1) is 11.3. The van der Waals surface area contributed by atoms with E-state index in [0.717, 1.165) is 12.8 Å². The summed E-state index contributed by atoms with van der Waals surface area (Å²) in [6, 6.07) is 0. The minimum atomic E-state index is 0.165. The molecule has 0 aromatic heterocycles. The Labute approximate surface area is 87.5 Å². The van der Waals surface area contributed by atoms with E-state index in [1.807, 2.05) is 0 Å². The summed E-state index contributed by atoms with van der Waals surface area (Å²) in [5.74, 6) is 0. The Balaban J connectivity index is 2.62. The molecule has 0 aromatic rings. The van der Waals surface area contributed by atoms with E-state index >= 15 is 0 Å². The van der Waals surface area contributed by atoms with E-state index in [1.54, 1.807) is 5.57 Å². The fourth-order valence-corrected chi connectivity index (χ4v) is 1.74. The van der Waals surface area contributed by atoms with Gasteiger partial charge in [0.05, 0.1) is 6.17 Å². The molecule has 1 atom stereocenters. The molecule has 0 saturated heterocycles. The minimum absolute atomic E-state index is 0.165. The molecule has 0 unspecified atom stereocenters. The first-order valence-electron chi connectivity index (χ1n) is 5.56. The van der Waals surface area contributed by atoms with E-state index in [0.29, 0.717) is 0 Å². The molecule has 0 bridgehead atoms. The van der Waals surface area contributed by atoms with E-state index in [-0.39, 0.29) is 6.17 Å². The molecule has 2 heteroatoms. The normalized spacial score (nSPS) is 18.6. The zero-order valence-electron chi connectivity index (χ0n) is 9.59. The molecule has 0 radical (unpaired) electrons. The van der Waals surface area contributed by atoms with Gasteiger partial charge in [-0.05, 0) is 31.8 Å². The summed E-state index contributed by atoms with van der Waals surface area (Å²) >= 11 is 0. The lowest BCUT2D eigenvalue weighted by atomic mass is 10.00. The van der Waals surface area contributed by atoms with Crippen molar-refractivity contribution in [2.75, 3.05) is 7.05 Å². The predicted octanol–water partition coefficient (Wildman–Crippen LogP) is 2.63. The Morgan fingerprint density at radius 3 is 2.50 bits per heavy atom. The highest BCUT2D eigenvalue weighted by Gasteiger charge is 2.13. The lowest BCUT2D eigenvalue weighted by Crippen LogP contribution is -2.38. The summed E-state index contributed by atoms with van der Waals surface area (Å²) in [4.78, 5) is 2.20. The lowest BCUT2D eigenvalue weighted by Gasteiger charge is -2.30. The fraction of sp³-hybridized carbons (Fsp3) is 0.667. The molecule has 80 valence electrons. The van der Waals surface area contributed by atoms with Crippen molar-refractivity contribution in [2.24, 2.45) is 5.73 Å². The van der Waals surface area contributed by atoms with Crippen molar-refractivity contribution in [3.8, 4) is 0 Å². The molecule has 0 fully saturated rings. The van der Waals surface area contributed by atoms with E-state index in [1.165, 1.54) is 18.5 Å². The summed E-state index contributed by atoms with van der Waals surface area (Å²) in [7, 11) is 2.09. The molecule has 0 saturated carbocycles. The van der Waals surface area contributed by atoms with Crippen LogP contribution in [0.5, 0.6) is 0 Å². The Hall–Kier alpha value is -0.760. The van der Waals surface area contributed by atoms with Gasteiger partial charge in [0.2, 0.25) is 0 Å². The van der Waals surface area contributed by atoms with Crippen LogP contribution in [0.1, 0.15) is 39.5 Å². The largest absolute Gasteiger partial charge is 0.363 e. The van der Waals surface area contributed by atoms with E-state index in [4.69, 9.17) is 5.73 Å². The van der Waals surface area contributed by atoms with Gasteiger partial charge in [-0.15, -0.1) is 0 Å². The summed E-state index contributed by atoms with van der Waals surface area (Å²) in [5, 5.41) is 0. The highest BCUT2D eigenvalue weighted by molar-refractivity contribution is 5.23. The third kappa shape index (κ3) is 2.61. The van der Waals surface area contributed by atoms with Crippen LogP contribution in [0.3, 0.4) is 0 Å². The Morgan fingerprint density at radius 2 is 2.07 bits per heavy atom. The topological polar surface area (TPSA) is 29.3 Å². The van der Waals surface area contributed by atoms with E-state index in [9.17, 15) is 0 Å². The monoisotopic (exact) mass is 194 g/mol. The first-order chi connectivity index (χ1) is 6.69.